The molecule has 3 rings (SSSR count). The molecule has 3 nitrogen and oxygen atoms in total. The van der Waals surface area contributed by atoms with Gasteiger partial charge in [0.25, 0.3) is 0 Å². The van der Waals surface area contributed by atoms with E-state index in [1.807, 2.05) is 73.7 Å². The fourth-order valence-corrected chi connectivity index (χ4v) is 2.82. The van der Waals surface area contributed by atoms with Crippen molar-refractivity contribution in [3.63, 3.8) is 0 Å². The van der Waals surface area contributed by atoms with Crippen LogP contribution in [0.3, 0.4) is 0 Å². The van der Waals surface area contributed by atoms with Crippen LogP contribution < -0.4 is 5.32 Å². The zero-order chi connectivity index (χ0) is 16.9. The van der Waals surface area contributed by atoms with E-state index in [1.165, 1.54) is 0 Å². The van der Waals surface area contributed by atoms with Crippen LogP contribution in [0.25, 0.3) is 11.3 Å². The molecular formula is C20H20BrNO2. The minimum absolute atomic E-state index is 0.0753. The van der Waals surface area contributed by atoms with Crippen molar-refractivity contribution >= 4 is 15.9 Å². The molecule has 0 saturated heterocycles. The van der Waals surface area contributed by atoms with Crippen molar-refractivity contribution in [2.24, 2.45) is 0 Å². The Kier molecular flexibility index (Phi) is 5.51. The highest BCUT2D eigenvalue weighted by atomic mass is 79.9. The van der Waals surface area contributed by atoms with Gasteiger partial charge in [0.05, 0.1) is 12.6 Å². The third kappa shape index (κ3) is 4.15. The molecule has 2 N–H and O–H groups in total. The molecule has 124 valence electrons. The number of hydrogen-bond donors (Lipinski definition) is 2. The zero-order valence-electron chi connectivity index (χ0n) is 13.4. The van der Waals surface area contributed by atoms with E-state index in [9.17, 15) is 5.11 Å². The van der Waals surface area contributed by atoms with Crippen LogP contribution in [0.5, 0.6) is 0 Å². The molecule has 2 aromatic carbocycles. The maximum Gasteiger partial charge on any atom is 0.134 e. The summed E-state index contributed by atoms with van der Waals surface area (Å²) in [5.74, 6) is 1.69. The molecule has 0 fully saturated rings. The Morgan fingerprint density at radius 1 is 1.00 bits per heavy atom. The highest BCUT2D eigenvalue weighted by Gasteiger charge is 2.16. The number of aliphatic hydroxyl groups excluding tert-OH is 1. The highest BCUT2D eigenvalue weighted by molar-refractivity contribution is 9.10. The number of nitrogens with one attached hydrogen (secondary N) is 1. The quantitative estimate of drug-likeness (QED) is 0.632. The van der Waals surface area contributed by atoms with Gasteiger partial charge < -0.3 is 14.8 Å². The smallest absolute Gasteiger partial charge is 0.134 e. The van der Waals surface area contributed by atoms with Gasteiger partial charge in [-0.1, -0.05) is 58.4 Å². The van der Waals surface area contributed by atoms with Gasteiger partial charge in [-0.05, 0) is 36.8 Å². The Morgan fingerprint density at radius 3 is 2.42 bits per heavy atom. The fourth-order valence-electron chi connectivity index (χ4n) is 2.55. The summed E-state index contributed by atoms with van der Waals surface area (Å²) in [6.45, 7) is 2.54. The largest absolute Gasteiger partial charge is 0.460 e. The predicted molar refractivity (Wildman–Crippen MR) is 99.5 cm³/mol. The van der Waals surface area contributed by atoms with Crippen LogP contribution >= 0.6 is 15.9 Å². The number of rotatable bonds is 6. The zero-order valence-corrected chi connectivity index (χ0v) is 15.0. The lowest BCUT2D eigenvalue weighted by molar-refractivity contribution is 0.134. The van der Waals surface area contributed by atoms with Gasteiger partial charge in [0.2, 0.25) is 0 Å². The average molecular weight is 386 g/mol. The molecule has 0 radical (unpaired) electrons. The van der Waals surface area contributed by atoms with Gasteiger partial charge in [0.1, 0.15) is 11.5 Å². The molecule has 0 amide bonds. The van der Waals surface area contributed by atoms with Gasteiger partial charge in [-0.2, -0.15) is 0 Å². The first kappa shape index (κ1) is 17.0. The molecule has 4 heteroatoms. The second-order valence-corrected chi connectivity index (χ2v) is 6.71. The molecule has 0 saturated carbocycles. The fraction of sp³-hybridized carbons (Fsp3) is 0.200. The van der Waals surface area contributed by atoms with Gasteiger partial charge in [0.15, 0.2) is 0 Å². The molecule has 3 aromatic rings. The van der Waals surface area contributed by atoms with Crippen LogP contribution in [0.1, 0.15) is 24.4 Å². The van der Waals surface area contributed by atoms with Crippen molar-refractivity contribution in [2.45, 2.75) is 25.6 Å². The van der Waals surface area contributed by atoms with Crippen molar-refractivity contribution in [3.05, 3.63) is 82.5 Å². The topological polar surface area (TPSA) is 45.4 Å². The second kappa shape index (κ2) is 7.79. The molecule has 0 aliphatic rings. The van der Waals surface area contributed by atoms with Gasteiger partial charge in [-0.3, -0.25) is 0 Å². The lowest BCUT2D eigenvalue weighted by atomic mass is 10.0. The molecule has 0 spiro atoms. The van der Waals surface area contributed by atoms with E-state index in [-0.39, 0.29) is 6.04 Å². The molecule has 0 bridgehead atoms. The van der Waals surface area contributed by atoms with E-state index >= 15 is 0 Å². The van der Waals surface area contributed by atoms with Crippen molar-refractivity contribution in [2.75, 3.05) is 0 Å². The number of benzene rings is 2. The maximum atomic E-state index is 10.4. The third-order valence-corrected chi connectivity index (χ3v) is 4.53. The molecule has 2 unspecified atom stereocenters. The minimum atomic E-state index is -0.549. The van der Waals surface area contributed by atoms with Crippen LogP contribution in [-0.4, -0.2) is 11.1 Å². The summed E-state index contributed by atoms with van der Waals surface area (Å²) in [7, 11) is 0. The molecule has 2 atom stereocenters. The molecule has 0 aliphatic heterocycles. The van der Waals surface area contributed by atoms with Crippen LogP contribution in [0.15, 0.2) is 75.6 Å². The van der Waals surface area contributed by atoms with Crippen LogP contribution in [0, 0.1) is 0 Å². The van der Waals surface area contributed by atoms with Crippen molar-refractivity contribution in [3.8, 4) is 11.3 Å². The number of hydrogen-bond acceptors (Lipinski definition) is 3. The van der Waals surface area contributed by atoms with E-state index in [1.54, 1.807) is 0 Å². The summed E-state index contributed by atoms with van der Waals surface area (Å²) in [5, 5.41) is 13.7. The summed E-state index contributed by atoms with van der Waals surface area (Å²) in [6.07, 6.45) is -0.549. The number of halogens is 1. The molecule has 1 aromatic heterocycles. The van der Waals surface area contributed by atoms with Crippen molar-refractivity contribution in [1.82, 2.24) is 5.32 Å². The van der Waals surface area contributed by atoms with E-state index < -0.39 is 6.10 Å². The normalized spacial score (nSPS) is 13.6. The van der Waals surface area contributed by atoms with Crippen molar-refractivity contribution in [1.29, 1.82) is 0 Å². The van der Waals surface area contributed by atoms with Gasteiger partial charge in [-0.25, -0.2) is 0 Å². The number of aliphatic hydroxyl groups is 1. The monoisotopic (exact) mass is 385 g/mol. The Bertz CT molecular complexity index is 768. The Hall–Kier alpha value is -1.88. The molecular weight excluding hydrogens is 366 g/mol. The van der Waals surface area contributed by atoms with Crippen LogP contribution in [0.4, 0.5) is 0 Å². The summed E-state index contributed by atoms with van der Waals surface area (Å²) >= 11 is 3.43. The first-order valence-corrected chi connectivity index (χ1v) is 8.74. The highest BCUT2D eigenvalue weighted by Crippen LogP contribution is 2.24. The van der Waals surface area contributed by atoms with E-state index in [0.29, 0.717) is 6.54 Å². The van der Waals surface area contributed by atoms with Gasteiger partial charge in [0, 0.05) is 16.1 Å². The minimum Gasteiger partial charge on any atom is -0.460 e. The summed E-state index contributed by atoms with van der Waals surface area (Å²) in [4.78, 5) is 0. The summed E-state index contributed by atoms with van der Waals surface area (Å²) in [6, 6.07) is 21.6. The van der Waals surface area contributed by atoms with Crippen LogP contribution in [-0.2, 0) is 6.54 Å². The molecule has 0 aliphatic carbocycles. The van der Waals surface area contributed by atoms with Gasteiger partial charge >= 0.3 is 0 Å². The van der Waals surface area contributed by atoms with Gasteiger partial charge in [-0.15, -0.1) is 0 Å². The van der Waals surface area contributed by atoms with Crippen LogP contribution in [0.2, 0.25) is 0 Å². The first-order chi connectivity index (χ1) is 11.6. The Balaban J connectivity index is 1.60. The first-order valence-electron chi connectivity index (χ1n) is 7.94. The van der Waals surface area contributed by atoms with E-state index in [0.717, 1.165) is 27.1 Å². The molecule has 1 heterocycles. The third-order valence-electron chi connectivity index (χ3n) is 4.00. The SMILES string of the molecule is CC(NCc1ccc(-c2ccc(Br)cc2)o1)C(O)c1ccccc1. The second-order valence-electron chi connectivity index (χ2n) is 5.80. The van der Waals surface area contributed by atoms with E-state index in [4.69, 9.17) is 4.42 Å². The number of furan rings is 1. The average Bonchev–Trinajstić information content (AvgIpc) is 3.09. The predicted octanol–water partition coefficient (Wildman–Crippen LogP) is 4.92. The summed E-state index contributed by atoms with van der Waals surface area (Å²) in [5.41, 5.74) is 1.95. The standard InChI is InChI=1S/C20H20BrNO2/c1-14(20(23)16-5-3-2-4-6-16)22-13-18-11-12-19(24-18)15-7-9-17(21)10-8-15/h2-12,14,20,22-23H,13H2,1H3. The Labute approximate surface area is 150 Å². The Morgan fingerprint density at radius 2 is 1.71 bits per heavy atom. The molecule has 24 heavy (non-hydrogen) atoms. The summed E-state index contributed by atoms with van der Waals surface area (Å²) < 4.78 is 6.93. The lowest BCUT2D eigenvalue weighted by Gasteiger charge is -2.20. The lowest BCUT2D eigenvalue weighted by Crippen LogP contribution is -2.31. The van der Waals surface area contributed by atoms with E-state index in [2.05, 4.69) is 21.2 Å². The van der Waals surface area contributed by atoms with Crippen molar-refractivity contribution < 1.29 is 9.52 Å². The maximum absolute atomic E-state index is 10.4.